The van der Waals surface area contributed by atoms with E-state index in [-0.39, 0.29) is 5.78 Å². The monoisotopic (exact) mass is 249 g/mol. The lowest BCUT2D eigenvalue weighted by Gasteiger charge is -2.05. The molecule has 3 aromatic rings. The summed E-state index contributed by atoms with van der Waals surface area (Å²) >= 11 is 0. The molecule has 0 atom stereocenters. The number of hydrogen-bond donors (Lipinski definition) is 0. The minimum absolute atomic E-state index is 0.0887. The smallest absolute Gasteiger partial charge is 0.211 e. The van der Waals surface area contributed by atoms with E-state index in [0.29, 0.717) is 0 Å². The van der Waals surface area contributed by atoms with Crippen molar-refractivity contribution in [3.8, 4) is 11.4 Å². The van der Waals surface area contributed by atoms with E-state index in [9.17, 15) is 4.79 Å². The highest BCUT2D eigenvalue weighted by Gasteiger charge is 2.28. The third-order valence-corrected chi connectivity index (χ3v) is 3.63. The number of nitrogens with zero attached hydrogens (tertiary/aromatic N) is 1. The summed E-state index contributed by atoms with van der Waals surface area (Å²) in [5, 5.41) is 1.05. The zero-order chi connectivity index (χ0) is 13.0. The molecular formula is C16H11NO2. The van der Waals surface area contributed by atoms with Crippen molar-refractivity contribution in [2.45, 2.75) is 0 Å². The number of carbonyl (C=O) groups excluding carboxylic acids is 1. The molecule has 19 heavy (non-hydrogen) atoms. The SMILES string of the molecule is COc1ccc2cc3n(c2c1)-c1ccccc1C3=O. The first-order chi connectivity index (χ1) is 9.29. The van der Waals surface area contributed by atoms with Gasteiger partial charge in [0.1, 0.15) is 5.75 Å². The van der Waals surface area contributed by atoms with Crippen LogP contribution in [0.2, 0.25) is 0 Å². The quantitative estimate of drug-likeness (QED) is 0.519. The van der Waals surface area contributed by atoms with Crippen molar-refractivity contribution in [3.63, 3.8) is 0 Å². The predicted molar refractivity (Wildman–Crippen MR) is 73.3 cm³/mol. The van der Waals surface area contributed by atoms with Crippen LogP contribution >= 0.6 is 0 Å². The third-order valence-electron chi connectivity index (χ3n) is 3.63. The molecule has 0 fully saturated rings. The van der Waals surface area contributed by atoms with E-state index in [1.165, 1.54) is 0 Å². The molecule has 3 heteroatoms. The fourth-order valence-electron chi connectivity index (χ4n) is 2.73. The summed E-state index contributed by atoms with van der Waals surface area (Å²) in [7, 11) is 1.65. The van der Waals surface area contributed by atoms with Gasteiger partial charge in [-0.15, -0.1) is 0 Å². The first-order valence-electron chi connectivity index (χ1n) is 6.13. The van der Waals surface area contributed by atoms with Crippen LogP contribution in [0.3, 0.4) is 0 Å². The first-order valence-corrected chi connectivity index (χ1v) is 6.13. The third kappa shape index (κ3) is 1.24. The molecule has 0 unspecified atom stereocenters. The maximum absolute atomic E-state index is 12.4. The number of carbonyl (C=O) groups is 1. The normalized spacial score (nSPS) is 12.6. The maximum atomic E-state index is 12.4. The average molecular weight is 249 g/mol. The number of para-hydroxylation sites is 1. The van der Waals surface area contributed by atoms with Gasteiger partial charge in [-0.05, 0) is 30.3 Å². The molecule has 2 aromatic carbocycles. The largest absolute Gasteiger partial charge is 0.497 e. The van der Waals surface area contributed by atoms with Gasteiger partial charge in [-0.2, -0.15) is 0 Å². The summed E-state index contributed by atoms with van der Waals surface area (Å²) in [5.41, 5.74) is 3.45. The Hall–Kier alpha value is -2.55. The highest BCUT2D eigenvalue weighted by molar-refractivity contribution is 6.17. The Bertz CT molecular complexity index is 830. The highest BCUT2D eigenvalue weighted by atomic mass is 16.5. The lowest BCUT2D eigenvalue weighted by molar-refractivity contribution is 0.104. The van der Waals surface area contributed by atoms with Crippen LogP contribution in [-0.4, -0.2) is 17.5 Å². The Kier molecular flexibility index (Phi) is 1.90. The zero-order valence-electron chi connectivity index (χ0n) is 10.4. The van der Waals surface area contributed by atoms with Crippen molar-refractivity contribution in [3.05, 3.63) is 59.8 Å². The molecule has 0 amide bonds. The number of aromatic nitrogens is 1. The van der Waals surface area contributed by atoms with Crippen LogP contribution in [0.15, 0.2) is 48.5 Å². The van der Waals surface area contributed by atoms with Gasteiger partial charge in [0.25, 0.3) is 0 Å². The molecule has 4 rings (SSSR count). The van der Waals surface area contributed by atoms with Crippen molar-refractivity contribution in [2.24, 2.45) is 0 Å². The number of methoxy groups -OCH3 is 1. The van der Waals surface area contributed by atoms with E-state index in [4.69, 9.17) is 4.74 Å². The second kappa shape index (κ2) is 3.48. The van der Waals surface area contributed by atoms with E-state index < -0.39 is 0 Å². The second-order valence-corrected chi connectivity index (χ2v) is 4.64. The summed E-state index contributed by atoms with van der Waals surface area (Å²) in [6.07, 6.45) is 0. The summed E-state index contributed by atoms with van der Waals surface area (Å²) < 4.78 is 7.28. The molecule has 0 saturated heterocycles. The summed E-state index contributed by atoms with van der Waals surface area (Å²) in [6, 6.07) is 15.5. The second-order valence-electron chi connectivity index (χ2n) is 4.64. The Morgan fingerprint density at radius 1 is 1.05 bits per heavy atom. The van der Waals surface area contributed by atoms with E-state index >= 15 is 0 Å². The van der Waals surface area contributed by atoms with Gasteiger partial charge in [0.2, 0.25) is 5.78 Å². The fourth-order valence-corrected chi connectivity index (χ4v) is 2.73. The van der Waals surface area contributed by atoms with Crippen molar-refractivity contribution in [2.75, 3.05) is 7.11 Å². The van der Waals surface area contributed by atoms with Crippen LogP contribution in [0.25, 0.3) is 16.6 Å². The van der Waals surface area contributed by atoms with Gasteiger partial charge < -0.3 is 9.30 Å². The Labute approximate surface area is 110 Å². The maximum Gasteiger partial charge on any atom is 0.211 e. The van der Waals surface area contributed by atoms with E-state index in [0.717, 1.165) is 33.6 Å². The van der Waals surface area contributed by atoms with Crippen LogP contribution in [0.5, 0.6) is 5.75 Å². The van der Waals surface area contributed by atoms with Crippen LogP contribution in [0.4, 0.5) is 0 Å². The highest BCUT2D eigenvalue weighted by Crippen LogP contribution is 2.35. The van der Waals surface area contributed by atoms with E-state index in [1.807, 2.05) is 53.1 Å². The van der Waals surface area contributed by atoms with Crippen molar-refractivity contribution < 1.29 is 9.53 Å². The predicted octanol–water partition coefficient (Wildman–Crippen LogP) is 3.18. The van der Waals surface area contributed by atoms with Crippen molar-refractivity contribution in [1.29, 1.82) is 0 Å². The molecular weight excluding hydrogens is 238 g/mol. The van der Waals surface area contributed by atoms with Crippen molar-refractivity contribution >= 4 is 16.7 Å². The van der Waals surface area contributed by atoms with Crippen molar-refractivity contribution in [1.82, 2.24) is 4.57 Å². The molecule has 3 nitrogen and oxygen atoms in total. The van der Waals surface area contributed by atoms with Crippen LogP contribution in [0, 0.1) is 0 Å². The summed E-state index contributed by atoms with van der Waals surface area (Å²) in [4.78, 5) is 12.4. The molecule has 0 N–H and O–H groups in total. The molecule has 92 valence electrons. The molecule has 0 aliphatic carbocycles. The lowest BCUT2D eigenvalue weighted by Crippen LogP contribution is -1.94. The van der Waals surface area contributed by atoms with Gasteiger partial charge in [-0.1, -0.05) is 12.1 Å². The molecule has 1 aliphatic rings. The number of benzene rings is 2. The van der Waals surface area contributed by atoms with Gasteiger partial charge >= 0.3 is 0 Å². The lowest BCUT2D eigenvalue weighted by atomic mass is 10.1. The molecule has 1 aliphatic heterocycles. The van der Waals surface area contributed by atoms with Gasteiger partial charge in [0.05, 0.1) is 24.0 Å². The van der Waals surface area contributed by atoms with E-state index in [1.54, 1.807) is 7.11 Å². The average Bonchev–Trinajstić information content (AvgIpc) is 2.96. The number of ether oxygens (including phenoxy) is 1. The molecule has 1 aromatic heterocycles. The standard InChI is InChI=1S/C16H11NO2/c1-19-11-7-6-10-8-15-16(18)12-4-2-3-5-13(12)17(15)14(10)9-11/h2-9H,1H3. The molecule has 0 bridgehead atoms. The number of ketones is 1. The molecule has 0 saturated carbocycles. The van der Waals surface area contributed by atoms with Crippen LogP contribution in [-0.2, 0) is 0 Å². The minimum Gasteiger partial charge on any atom is -0.497 e. The Balaban J connectivity index is 2.13. The van der Waals surface area contributed by atoms with E-state index in [2.05, 4.69) is 0 Å². The van der Waals surface area contributed by atoms with Gasteiger partial charge in [-0.3, -0.25) is 4.79 Å². The number of rotatable bonds is 1. The Morgan fingerprint density at radius 3 is 2.74 bits per heavy atom. The molecule has 2 heterocycles. The van der Waals surface area contributed by atoms with Gasteiger partial charge in [-0.25, -0.2) is 0 Å². The Morgan fingerprint density at radius 2 is 1.89 bits per heavy atom. The number of hydrogen-bond acceptors (Lipinski definition) is 2. The van der Waals surface area contributed by atoms with Crippen LogP contribution in [0.1, 0.15) is 16.1 Å². The zero-order valence-corrected chi connectivity index (χ0v) is 10.4. The first kappa shape index (κ1) is 10.4. The number of fused-ring (bicyclic) bond motifs is 5. The van der Waals surface area contributed by atoms with Crippen LogP contribution < -0.4 is 4.74 Å². The minimum atomic E-state index is 0.0887. The topological polar surface area (TPSA) is 31.2 Å². The summed E-state index contributed by atoms with van der Waals surface area (Å²) in [6.45, 7) is 0. The molecule has 0 radical (unpaired) electrons. The van der Waals surface area contributed by atoms with Gasteiger partial charge in [0, 0.05) is 17.0 Å². The summed E-state index contributed by atoms with van der Waals surface area (Å²) in [5.74, 6) is 0.885. The molecule has 0 spiro atoms. The van der Waals surface area contributed by atoms with Gasteiger partial charge in [0.15, 0.2) is 0 Å². The fraction of sp³-hybridized carbons (Fsp3) is 0.0625.